The van der Waals surface area contributed by atoms with E-state index in [1.165, 1.54) is 30.3 Å². The molecule has 0 aliphatic heterocycles. The smallest absolute Gasteiger partial charge is 0.234 e. The molecule has 1 amide bonds. The van der Waals surface area contributed by atoms with E-state index >= 15 is 0 Å². The molecule has 6 heteroatoms. The fourth-order valence-electron chi connectivity index (χ4n) is 2.91. The Bertz CT molecular complexity index is 638. The van der Waals surface area contributed by atoms with Crippen LogP contribution in [0.25, 0.3) is 0 Å². The highest BCUT2D eigenvalue weighted by Gasteiger charge is 2.40. The molecule has 3 rings (SSSR count). The predicted octanol–water partition coefficient (Wildman–Crippen LogP) is 3.38. The van der Waals surface area contributed by atoms with E-state index in [0.717, 1.165) is 24.4 Å². The molecule has 2 fully saturated rings. The van der Waals surface area contributed by atoms with E-state index in [1.807, 2.05) is 13.1 Å². The largest absolute Gasteiger partial charge is 0.337 e. The van der Waals surface area contributed by atoms with Crippen LogP contribution in [0.4, 0.5) is 0 Å². The number of rotatable bonds is 6. The molecular weight excluding hydrogens is 308 g/mol. The molecule has 1 aromatic rings. The van der Waals surface area contributed by atoms with Gasteiger partial charge in [-0.3, -0.25) is 4.79 Å². The number of hydrogen-bond acceptors (Lipinski definition) is 4. The van der Waals surface area contributed by atoms with Crippen LogP contribution in [0.1, 0.15) is 70.5 Å². The molecule has 0 aromatic carbocycles. The first-order valence-corrected chi connectivity index (χ1v) is 9.31. The first-order chi connectivity index (χ1) is 11.0. The van der Waals surface area contributed by atoms with Crippen molar-refractivity contribution in [2.75, 3.05) is 0 Å². The monoisotopic (exact) mass is 332 g/mol. The second-order valence-corrected chi connectivity index (χ2v) is 8.33. The van der Waals surface area contributed by atoms with Gasteiger partial charge in [-0.05, 0) is 44.9 Å². The first-order valence-electron chi connectivity index (χ1n) is 8.43. The van der Waals surface area contributed by atoms with Gasteiger partial charge in [0.2, 0.25) is 5.91 Å². The van der Waals surface area contributed by atoms with Crippen molar-refractivity contribution in [3.05, 3.63) is 11.9 Å². The minimum Gasteiger partial charge on any atom is -0.337 e. The van der Waals surface area contributed by atoms with Crippen LogP contribution in [0.2, 0.25) is 0 Å². The molecule has 0 saturated heterocycles. The number of nitriles is 1. The number of aromatic nitrogens is 2. The minimum absolute atomic E-state index is 0.0623. The van der Waals surface area contributed by atoms with Crippen LogP contribution in [-0.2, 0) is 4.79 Å². The summed E-state index contributed by atoms with van der Waals surface area (Å²) in [5.74, 6) is 0.367. The standard InChI is InChI=1S/C17H24N4OS/c1-11(2)14-9-19-16(21(14)13-5-6-13)23-12(3)15(22)20-17(10-18)7-4-8-17/h9,11-13H,4-8H2,1-3H3,(H,20,22)/t12-/m1/s1. The van der Waals surface area contributed by atoms with Crippen molar-refractivity contribution in [1.82, 2.24) is 14.9 Å². The van der Waals surface area contributed by atoms with E-state index in [1.54, 1.807) is 0 Å². The number of amides is 1. The lowest BCUT2D eigenvalue weighted by Gasteiger charge is -2.36. The highest BCUT2D eigenvalue weighted by Crippen LogP contribution is 2.41. The summed E-state index contributed by atoms with van der Waals surface area (Å²) in [4.78, 5) is 17.0. The molecular formula is C17H24N4OS. The third-order valence-corrected chi connectivity index (χ3v) is 5.81. The van der Waals surface area contributed by atoms with E-state index in [4.69, 9.17) is 0 Å². The van der Waals surface area contributed by atoms with E-state index in [2.05, 4.69) is 34.8 Å². The molecule has 0 radical (unpaired) electrons. The minimum atomic E-state index is -0.624. The Balaban J connectivity index is 1.69. The Morgan fingerprint density at radius 2 is 2.17 bits per heavy atom. The Kier molecular flexibility index (Phi) is 4.41. The maximum atomic E-state index is 12.4. The van der Waals surface area contributed by atoms with Gasteiger partial charge in [0, 0.05) is 17.9 Å². The number of hydrogen-bond donors (Lipinski definition) is 1. The van der Waals surface area contributed by atoms with Crippen LogP contribution in [0.3, 0.4) is 0 Å². The average molecular weight is 332 g/mol. The SMILES string of the molecule is CC(C)c1cnc(S[C@H](C)C(=O)NC2(C#N)CCC2)n1C1CC1. The van der Waals surface area contributed by atoms with Crippen LogP contribution in [0.5, 0.6) is 0 Å². The second-order valence-electron chi connectivity index (χ2n) is 7.02. The summed E-state index contributed by atoms with van der Waals surface area (Å²) in [5, 5.41) is 12.9. The van der Waals surface area contributed by atoms with Gasteiger partial charge in [-0.25, -0.2) is 4.98 Å². The molecule has 23 heavy (non-hydrogen) atoms. The Morgan fingerprint density at radius 3 is 2.65 bits per heavy atom. The summed E-state index contributed by atoms with van der Waals surface area (Å²) in [6.45, 7) is 6.24. The molecule has 1 atom stereocenters. The maximum absolute atomic E-state index is 12.4. The molecule has 2 aliphatic carbocycles. The quantitative estimate of drug-likeness (QED) is 0.811. The average Bonchev–Trinajstić information content (AvgIpc) is 3.23. The van der Waals surface area contributed by atoms with E-state index in [-0.39, 0.29) is 11.2 Å². The lowest BCUT2D eigenvalue weighted by molar-refractivity contribution is -0.122. The maximum Gasteiger partial charge on any atom is 0.234 e. The zero-order valence-corrected chi connectivity index (χ0v) is 14.8. The summed E-state index contributed by atoms with van der Waals surface area (Å²) in [7, 11) is 0. The zero-order chi connectivity index (χ0) is 16.6. The Labute approximate surface area is 141 Å². The van der Waals surface area contributed by atoms with Crippen molar-refractivity contribution in [2.45, 2.75) is 80.8 Å². The molecule has 1 aromatic heterocycles. The summed E-state index contributed by atoms with van der Waals surface area (Å²) < 4.78 is 2.31. The van der Waals surface area contributed by atoms with Crippen molar-refractivity contribution >= 4 is 17.7 Å². The van der Waals surface area contributed by atoms with Crippen molar-refractivity contribution in [1.29, 1.82) is 5.26 Å². The van der Waals surface area contributed by atoms with E-state index in [0.29, 0.717) is 12.0 Å². The number of thioether (sulfide) groups is 1. The molecule has 1 heterocycles. The first kappa shape index (κ1) is 16.4. The Hall–Kier alpha value is -1.48. The van der Waals surface area contributed by atoms with Gasteiger partial charge in [0.15, 0.2) is 5.16 Å². The van der Waals surface area contributed by atoms with Gasteiger partial charge in [0.25, 0.3) is 0 Å². The van der Waals surface area contributed by atoms with Gasteiger partial charge in [0.05, 0.1) is 11.3 Å². The number of carbonyl (C=O) groups excluding carboxylic acids is 1. The molecule has 0 unspecified atom stereocenters. The van der Waals surface area contributed by atoms with Crippen LogP contribution in [-0.4, -0.2) is 26.2 Å². The number of nitrogens with one attached hydrogen (secondary N) is 1. The molecule has 2 aliphatic rings. The van der Waals surface area contributed by atoms with Crippen molar-refractivity contribution < 1.29 is 4.79 Å². The lowest BCUT2D eigenvalue weighted by atomic mass is 9.78. The summed E-state index contributed by atoms with van der Waals surface area (Å²) >= 11 is 1.50. The van der Waals surface area contributed by atoms with Gasteiger partial charge in [-0.1, -0.05) is 25.6 Å². The number of carbonyl (C=O) groups is 1. The van der Waals surface area contributed by atoms with Crippen LogP contribution in [0, 0.1) is 11.3 Å². The topological polar surface area (TPSA) is 70.7 Å². The van der Waals surface area contributed by atoms with Crippen LogP contribution < -0.4 is 5.32 Å². The van der Waals surface area contributed by atoms with Crippen molar-refractivity contribution in [3.8, 4) is 6.07 Å². The summed E-state index contributed by atoms with van der Waals surface area (Å²) in [6, 6.07) is 2.81. The fraction of sp³-hybridized carbons (Fsp3) is 0.706. The highest BCUT2D eigenvalue weighted by atomic mass is 32.2. The van der Waals surface area contributed by atoms with Gasteiger partial charge in [-0.15, -0.1) is 0 Å². The normalized spacial score (nSPS) is 20.7. The highest BCUT2D eigenvalue weighted by molar-refractivity contribution is 8.00. The zero-order valence-electron chi connectivity index (χ0n) is 14.0. The van der Waals surface area contributed by atoms with E-state index < -0.39 is 5.54 Å². The lowest BCUT2D eigenvalue weighted by Crippen LogP contribution is -2.54. The Morgan fingerprint density at radius 1 is 1.48 bits per heavy atom. The summed E-state index contributed by atoms with van der Waals surface area (Å²) in [5.41, 5.74) is 0.621. The third-order valence-electron chi connectivity index (χ3n) is 4.73. The number of nitrogens with zero attached hydrogens (tertiary/aromatic N) is 3. The molecule has 0 spiro atoms. The molecule has 5 nitrogen and oxygen atoms in total. The predicted molar refractivity (Wildman–Crippen MR) is 90.2 cm³/mol. The second kappa shape index (κ2) is 6.20. The van der Waals surface area contributed by atoms with E-state index in [9.17, 15) is 10.1 Å². The van der Waals surface area contributed by atoms with Crippen LogP contribution in [0.15, 0.2) is 11.4 Å². The third kappa shape index (κ3) is 3.25. The van der Waals surface area contributed by atoms with Crippen LogP contribution >= 0.6 is 11.8 Å². The molecule has 0 bridgehead atoms. The molecule has 1 N–H and O–H groups in total. The number of imidazole rings is 1. The van der Waals surface area contributed by atoms with Crippen molar-refractivity contribution in [2.24, 2.45) is 0 Å². The van der Waals surface area contributed by atoms with Gasteiger partial charge < -0.3 is 9.88 Å². The van der Waals surface area contributed by atoms with Crippen molar-refractivity contribution in [3.63, 3.8) is 0 Å². The fourth-order valence-corrected chi connectivity index (χ4v) is 3.88. The van der Waals surface area contributed by atoms with Gasteiger partial charge in [-0.2, -0.15) is 5.26 Å². The summed E-state index contributed by atoms with van der Waals surface area (Å²) in [6.07, 6.45) is 6.88. The van der Waals surface area contributed by atoms with Gasteiger partial charge in [0.1, 0.15) is 5.54 Å². The molecule has 2 saturated carbocycles. The molecule has 124 valence electrons. The van der Waals surface area contributed by atoms with Gasteiger partial charge >= 0.3 is 0 Å².